The minimum Gasteiger partial charge on any atom is -0.325 e. The van der Waals surface area contributed by atoms with E-state index < -0.39 is 0 Å². The highest BCUT2D eigenvalue weighted by Crippen LogP contribution is 2.29. The van der Waals surface area contributed by atoms with Gasteiger partial charge in [-0.1, -0.05) is 0 Å². The zero-order valence-corrected chi connectivity index (χ0v) is 15.2. The molecular weight excluding hydrogens is 319 g/mol. The van der Waals surface area contributed by atoms with Crippen LogP contribution in [0.1, 0.15) is 26.2 Å². The maximum Gasteiger partial charge on any atom is 0.241 e. The minimum atomic E-state index is -0.297. The van der Waals surface area contributed by atoms with Crippen LogP contribution in [0.3, 0.4) is 0 Å². The number of amides is 1. The fourth-order valence-electron chi connectivity index (χ4n) is 4.03. The molecule has 0 radical (unpaired) electrons. The normalized spacial score (nSPS) is 23.2. The second-order valence-corrected chi connectivity index (χ2v) is 7.39. The van der Waals surface area contributed by atoms with Gasteiger partial charge in [0.1, 0.15) is 5.82 Å². The number of nitrogens with one attached hydrogen (secondary N) is 2. The second kappa shape index (κ2) is 7.81. The van der Waals surface area contributed by atoms with Crippen molar-refractivity contribution in [1.29, 1.82) is 0 Å². The first-order valence-corrected chi connectivity index (χ1v) is 9.23. The summed E-state index contributed by atoms with van der Waals surface area (Å²) in [5, 5.41) is 6.36. The van der Waals surface area contributed by atoms with Gasteiger partial charge in [-0.2, -0.15) is 0 Å². The number of anilines is 1. The van der Waals surface area contributed by atoms with Crippen molar-refractivity contribution in [3.8, 4) is 0 Å². The molecule has 1 aromatic rings. The molecule has 2 fully saturated rings. The summed E-state index contributed by atoms with van der Waals surface area (Å²) in [4.78, 5) is 17.5. The van der Waals surface area contributed by atoms with Gasteiger partial charge in [0.05, 0.1) is 6.04 Å². The lowest BCUT2D eigenvalue weighted by molar-refractivity contribution is -0.121. The molecule has 0 bridgehead atoms. The number of rotatable bonds is 3. The highest BCUT2D eigenvalue weighted by atomic mass is 19.1. The Morgan fingerprint density at radius 3 is 2.60 bits per heavy atom. The van der Waals surface area contributed by atoms with E-state index in [9.17, 15) is 9.18 Å². The summed E-state index contributed by atoms with van der Waals surface area (Å²) >= 11 is 0. The molecule has 1 aromatic carbocycles. The zero-order chi connectivity index (χ0) is 17.9. The predicted octanol–water partition coefficient (Wildman–Crippen LogP) is 1.91. The summed E-state index contributed by atoms with van der Waals surface area (Å²) in [6, 6.07) is 5.73. The number of hydrogen-bond donors (Lipinski definition) is 2. The van der Waals surface area contributed by atoms with Gasteiger partial charge in [0.15, 0.2) is 0 Å². The van der Waals surface area contributed by atoms with Crippen LogP contribution < -0.4 is 10.6 Å². The van der Waals surface area contributed by atoms with Crippen LogP contribution in [0.4, 0.5) is 10.1 Å². The quantitative estimate of drug-likeness (QED) is 0.876. The number of carbonyl (C=O) groups is 1. The standard InChI is InChI=1S/C19H29FN4O/c1-15(18(25)22-17-6-4-16(20)5-7-17)24-13-3-12-23(2)19(14-24)8-10-21-11-9-19/h4-7,15,21H,3,8-14H2,1-2H3,(H,22,25)/t15-/m0/s1. The molecule has 0 unspecified atom stereocenters. The fraction of sp³-hybridized carbons (Fsp3) is 0.632. The smallest absolute Gasteiger partial charge is 0.241 e. The van der Waals surface area contributed by atoms with Crippen molar-refractivity contribution in [2.45, 2.75) is 37.8 Å². The van der Waals surface area contributed by atoms with Crippen LogP contribution in [0.15, 0.2) is 24.3 Å². The Bertz CT molecular complexity index is 586. The van der Waals surface area contributed by atoms with E-state index >= 15 is 0 Å². The van der Waals surface area contributed by atoms with Crippen LogP contribution >= 0.6 is 0 Å². The van der Waals surface area contributed by atoms with Gasteiger partial charge >= 0.3 is 0 Å². The van der Waals surface area contributed by atoms with Crippen molar-refractivity contribution in [2.75, 3.05) is 45.1 Å². The number of likely N-dealkylation sites (N-methyl/N-ethyl adjacent to an activating group) is 1. The average Bonchev–Trinajstić information content (AvgIpc) is 2.77. The van der Waals surface area contributed by atoms with E-state index in [4.69, 9.17) is 0 Å². The molecule has 1 amide bonds. The van der Waals surface area contributed by atoms with E-state index in [1.165, 1.54) is 12.1 Å². The van der Waals surface area contributed by atoms with Gasteiger partial charge in [0, 0.05) is 24.3 Å². The van der Waals surface area contributed by atoms with Crippen LogP contribution in [0.2, 0.25) is 0 Å². The lowest BCUT2D eigenvalue weighted by Crippen LogP contribution is -2.59. The third-order valence-corrected chi connectivity index (χ3v) is 5.82. The number of benzene rings is 1. The maximum absolute atomic E-state index is 13.0. The molecule has 0 aromatic heterocycles. The third kappa shape index (κ3) is 4.19. The Labute approximate surface area is 149 Å². The third-order valence-electron chi connectivity index (χ3n) is 5.82. The van der Waals surface area contributed by atoms with Crippen LogP contribution in [0, 0.1) is 5.82 Å². The van der Waals surface area contributed by atoms with E-state index in [1.807, 2.05) is 6.92 Å². The summed E-state index contributed by atoms with van der Waals surface area (Å²) < 4.78 is 13.0. The van der Waals surface area contributed by atoms with Gasteiger partial charge in [-0.25, -0.2) is 4.39 Å². The largest absolute Gasteiger partial charge is 0.325 e. The Morgan fingerprint density at radius 1 is 1.24 bits per heavy atom. The summed E-state index contributed by atoms with van der Waals surface area (Å²) in [6.45, 7) is 6.96. The first-order chi connectivity index (χ1) is 12.0. The van der Waals surface area contributed by atoms with Crippen molar-refractivity contribution < 1.29 is 9.18 Å². The molecule has 2 aliphatic heterocycles. The van der Waals surface area contributed by atoms with Gasteiger partial charge in [0.2, 0.25) is 5.91 Å². The Morgan fingerprint density at radius 2 is 1.92 bits per heavy atom. The van der Waals surface area contributed by atoms with Crippen LogP contribution in [0.25, 0.3) is 0 Å². The van der Waals surface area contributed by atoms with E-state index in [0.29, 0.717) is 5.69 Å². The molecule has 2 heterocycles. The van der Waals surface area contributed by atoms with Crippen molar-refractivity contribution in [3.05, 3.63) is 30.1 Å². The number of carbonyl (C=O) groups excluding carboxylic acids is 1. The molecule has 0 saturated carbocycles. The SMILES string of the molecule is C[C@@H](C(=O)Nc1ccc(F)cc1)N1CCCN(C)C2(CCNCC2)C1. The Balaban J connectivity index is 1.68. The fourth-order valence-corrected chi connectivity index (χ4v) is 4.03. The summed E-state index contributed by atoms with van der Waals surface area (Å²) in [5.74, 6) is -0.324. The maximum atomic E-state index is 13.0. The Kier molecular flexibility index (Phi) is 5.71. The van der Waals surface area contributed by atoms with Gasteiger partial charge < -0.3 is 10.6 Å². The molecule has 3 rings (SSSR count). The minimum absolute atomic E-state index is 0.0276. The van der Waals surface area contributed by atoms with Gasteiger partial charge in [-0.05, 0) is 77.1 Å². The Hall–Kier alpha value is -1.50. The number of halogens is 1. The van der Waals surface area contributed by atoms with Crippen molar-refractivity contribution in [3.63, 3.8) is 0 Å². The number of piperidine rings is 1. The molecule has 5 nitrogen and oxygen atoms in total. The van der Waals surface area contributed by atoms with Crippen molar-refractivity contribution in [2.24, 2.45) is 0 Å². The van der Waals surface area contributed by atoms with E-state index in [2.05, 4.69) is 27.5 Å². The molecule has 2 N–H and O–H groups in total. The monoisotopic (exact) mass is 348 g/mol. The molecule has 0 aliphatic carbocycles. The summed E-state index contributed by atoms with van der Waals surface area (Å²) in [7, 11) is 2.22. The topological polar surface area (TPSA) is 47.6 Å². The predicted molar refractivity (Wildman–Crippen MR) is 98.1 cm³/mol. The number of hydrogen-bond acceptors (Lipinski definition) is 4. The molecule has 2 saturated heterocycles. The molecule has 1 atom stereocenters. The molecule has 138 valence electrons. The lowest BCUT2D eigenvalue weighted by Gasteiger charge is -2.46. The molecule has 6 heteroatoms. The first kappa shape index (κ1) is 18.3. The summed E-state index contributed by atoms with van der Waals surface area (Å²) in [5.41, 5.74) is 0.799. The van der Waals surface area contributed by atoms with Crippen LogP contribution in [-0.2, 0) is 4.79 Å². The lowest BCUT2D eigenvalue weighted by atomic mass is 9.86. The molecule has 1 spiro atoms. The number of nitrogens with zero attached hydrogens (tertiary/aromatic N) is 2. The molecule has 25 heavy (non-hydrogen) atoms. The van der Waals surface area contributed by atoms with Crippen molar-refractivity contribution in [1.82, 2.24) is 15.1 Å². The zero-order valence-electron chi connectivity index (χ0n) is 15.2. The molecular formula is C19H29FN4O. The van der Waals surface area contributed by atoms with E-state index in [0.717, 1.165) is 52.0 Å². The van der Waals surface area contributed by atoms with E-state index in [1.54, 1.807) is 12.1 Å². The second-order valence-electron chi connectivity index (χ2n) is 7.39. The summed E-state index contributed by atoms with van der Waals surface area (Å²) in [6.07, 6.45) is 3.30. The highest BCUT2D eigenvalue weighted by Gasteiger charge is 2.40. The van der Waals surface area contributed by atoms with Gasteiger partial charge in [-0.3, -0.25) is 14.6 Å². The van der Waals surface area contributed by atoms with Crippen LogP contribution in [-0.4, -0.2) is 67.1 Å². The first-order valence-electron chi connectivity index (χ1n) is 9.23. The average molecular weight is 348 g/mol. The van der Waals surface area contributed by atoms with Gasteiger partial charge in [0.25, 0.3) is 0 Å². The van der Waals surface area contributed by atoms with Crippen LogP contribution in [0.5, 0.6) is 0 Å². The van der Waals surface area contributed by atoms with E-state index in [-0.39, 0.29) is 23.3 Å². The molecule has 2 aliphatic rings. The van der Waals surface area contributed by atoms with Crippen molar-refractivity contribution >= 4 is 11.6 Å². The highest BCUT2D eigenvalue weighted by molar-refractivity contribution is 5.94. The van der Waals surface area contributed by atoms with Gasteiger partial charge in [-0.15, -0.1) is 0 Å².